The fraction of sp³-hybridized carbons (Fsp3) is 0.571. The van der Waals surface area contributed by atoms with Crippen LogP contribution in [0.1, 0.15) is 19.4 Å². The zero-order valence-electron chi connectivity index (χ0n) is 10.7. The predicted octanol–water partition coefficient (Wildman–Crippen LogP) is 2.06. The standard InChI is InChI=1S/C14H21NO2/c1-10(2)14(16,9-17-3)13-8-11-6-4-5-7-12(11)15-13/h4-7,10,13,15-16H,8-9H2,1-3H3/t13-,14?/m0/s1. The second-order valence-electron chi connectivity index (χ2n) is 5.14. The average molecular weight is 235 g/mol. The van der Waals surface area contributed by atoms with Gasteiger partial charge in [0.25, 0.3) is 0 Å². The summed E-state index contributed by atoms with van der Waals surface area (Å²) in [6.07, 6.45) is 0.855. The Morgan fingerprint density at radius 1 is 1.47 bits per heavy atom. The quantitative estimate of drug-likeness (QED) is 0.839. The minimum atomic E-state index is -0.826. The lowest BCUT2D eigenvalue weighted by atomic mass is 9.82. The number of rotatable bonds is 4. The van der Waals surface area contributed by atoms with Crippen molar-refractivity contribution in [1.82, 2.24) is 0 Å². The summed E-state index contributed by atoms with van der Waals surface area (Å²) >= 11 is 0. The maximum atomic E-state index is 10.8. The molecule has 94 valence electrons. The molecular weight excluding hydrogens is 214 g/mol. The minimum Gasteiger partial charge on any atom is -0.385 e. The first kappa shape index (κ1) is 12.4. The van der Waals surface area contributed by atoms with Crippen LogP contribution in [0, 0.1) is 5.92 Å². The van der Waals surface area contributed by atoms with Gasteiger partial charge < -0.3 is 15.2 Å². The fourth-order valence-corrected chi connectivity index (χ4v) is 2.50. The first-order valence-electron chi connectivity index (χ1n) is 6.13. The molecule has 0 bridgehead atoms. The van der Waals surface area contributed by atoms with Gasteiger partial charge in [0.1, 0.15) is 5.60 Å². The Morgan fingerprint density at radius 2 is 2.18 bits per heavy atom. The van der Waals surface area contributed by atoms with Crippen LogP contribution in [0.3, 0.4) is 0 Å². The molecule has 0 saturated carbocycles. The van der Waals surface area contributed by atoms with E-state index in [2.05, 4.69) is 17.4 Å². The third-order valence-corrected chi connectivity index (χ3v) is 3.75. The third kappa shape index (κ3) is 2.17. The van der Waals surface area contributed by atoms with E-state index in [0.29, 0.717) is 6.61 Å². The maximum Gasteiger partial charge on any atom is 0.110 e. The average Bonchev–Trinajstić information content (AvgIpc) is 2.72. The van der Waals surface area contributed by atoms with Crippen molar-refractivity contribution in [2.24, 2.45) is 5.92 Å². The molecule has 0 fully saturated rings. The Hall–Kier alpha value is -1.06. The largest absolute Gasteiger partial charge is 0.385 e. The Labute approximate surface area is 103 Å². The number of hydrogen-bond donors (Lipinski definition) is 2. The van der Waals surface area contributed by atoms with E-state index in [1.807, 2.05) is 26.0 Å². The summed E-state index contributed by atoms with van der Waals surface area (Å²) in [5.41, 5.74) is 1.58. The van der Waals surface area contributed by atoms with Crippen LogP contribution in [0.25, 0.3) is 0 Å². The molecular formula is C14H21NO2. The highest BCUT2D eigenvalue weighted by Gasteiger charge is 2.42. The van der Waals surface area contributed by atoms with E-state index in [4.69, 9.17) is 4.74 Å². The van der Waals surface area contributed by atoms with E-state index in [9.17, 15) is 5.11 Å². The fourth-order valence-electron chi connectivity index (χ4n) is 2.50. The lowest BCUT2D eigenvalue weighted by Gasteiger charge is -2.37. The van der Waals surface area contributed by atoms with Gasteiger partial charge in [0.2, 0.25) is 0 Å². The summed E-state index contributed by atoms with van der Waals surface area (Å²) in [5, 5.41) is 14.2. The molecule has 1 aliphatic heterocycles. The van der Waals surface area contributed by atoms with Gasteiger partial charge in [0.15, 0.2) is 0 Å². The summed E-state index contributed by atoms with van der Waals surface area (Å²) < 4.78 is 5.19. The summed E-state index contributed by atoms with van der Waals surface area (Å²) in [4.78, 5) is 0. The Bertz CT molecular complexity index is 367. The van der Waals surface area contributed by atoms with Gasteiger partial charge in [0, 0.05) is 12.8 Å². The highest BCUT2D eigenvalue weighted by Crippen LogP contribution is 2.34. The molecule has 0 saturated heterocycles. The predicted molar refractivity (Wildman–Crippen MR) is 69.2 cm³/mol. The van der Waals surface area contributed by atoms with Crippen molar-refractivity contribution in [3.05, 3.63) is 29.8 Å². The van der Waals surface area contributed by atoms with Crippen LogP contribution in [0.15, 0.2) is 24.3 Å². The first-order valence-corrected chi connectivity index (χ1v) is 6.13. The van der Waals surface area contributed by atoms with Crippen LogP contribution < -0.4 is 5.32 Å². The molecule has 3 nitrogen and oxygen atoms in total. The zero-order valence-corrected chi connectivity index (χ0v) is 10.7. The van der Waals surface area contributed by atoms with Crippen molar-refractivity contribution in [3.8, 4) is 0 Å². The second kappa shape index (κ2) is 4.67. The second-order valence-corrected chi connectivity index (χ2v) is 5.14. The van der Waals surface area contributed by atoms with Crippen molar-refractivity contribution in [1.29, 1.82) is 0 Å². The molecule has 3 heteroatoms. The topological polar surface area (TPSA) is 41.5 Å². The van der Waals surface area contributed by atoms with E-state index in [-0.39, 0.29) is 12.0 Å². The number of ether oxygens (including phenoxy) is 1. The third-order valence-electron chi connectivity index (χ3n) is 3.75. The smallest absolute Gasteiger partial charge is 0.110 e. The Kier molecular flexibility index (Phi) is 3.40. The van der Waals surface area contributed by atoms with E-state index in [0.717, 1.165) is 12.1 Å². The molecule has 0 aliphatic carbocycles. The number of nitrogens with one attached hydrogen (secondary N) is 1. The van der Waals surface area contributed by atoms with Crippen LogP contribution in [-0.2, 0) is 11.2 Å². The van der Waals surface area contributed by atoms with E-state index >= 15 is 0 Å². The maximum absolute atomic E-state index is 10.8. The van der Waals surface area contributed by atoms with E-state index in [1.54, 1.807) is 7.11 Å². The molecule has 2 N–H and O–H groups in total. The van der Waals surface area contributed by atoms with Gasteiger partial charge in [0.05, 0.1) is 12.6 Å². The number of hydrogen-bond acceptors (Lipinski definition) is 3. The normalized spacial score (nSPS) is 22.1. The first-order chi connectivity index (χ1) is 8.08. The minimum absolute atomic E-state index is 0.0276. The zero-order chi connectivity index (χ0) is 12.5. The van der Waals surface area contributed by atoms with Crippen molar-refractivity contribution >= 4 is 5.69 Å². The highest BCUT2D eigenvalue weighted by molar-refractivity contribution is 5.57. The van der Waals surface area contributed by atoms with Gasteiger partial charge in [-0.2, -0.15) is 0 Å². The molecule has 1 unspecified atom stereocenters. The number of methoxy groups -OCH3 is 1. The van der Waals surface area contributed by atoms with E-state index in [1.165, 1.54) is 5.56 Å². The molecule has 2 rings (SSSR count). The number of anilines is 1. The van der Waals surface area contributed by atoms with Crippen molar-refractivity contribution in [2.45, 2.75) is 31.9 Å². The van der Waals surface area contributed by atoms with E-state index < -0.39 is 5.60 Å². The van der Waals surface area contributed by atoms with Crippen molar-refractivity contribution in [3.63, 3.8) is 0 Å². The van der Waals surface area contributed by atoms with Gasteiger partial charge in [-0.05, 0) is 24.0 Å². The molecule has 1 heterocycles. The lowest BCUT2D eigenvalue weighted by molar-refractivity contribution is -0.0758. The molecule has 0 aromatic heterocycles. The number of para-hydroxylation sites is 1. The Balaban J connectivity index is 2.20. The van der Waals surface area contributed by atoms with Crippen molar-refractivity contribution in [2.75, 3.05) is 19.0 Å². The number of aliphatic hydroxyl groups is 1. The summed E-state index contributed by atoms with van der Waals surface area (Å²) in [6.45, 7) is 4.42. The molecule has 1 aromatic carbocycles. The van der Waals surface area contributed by atoms with Crippen LogP contribution in [0.2, 0.25) is 0 Å². The lowest BCUT2D eigenvalue weighted by Crippen LogP contribution is -2.53. The van der Waals surface area contributed by atoms with Gasteiger partial charge in [-0.3, -0.25) is 0 Å². The molecule has 0 radical (unpaired) electrons. The SMILES string of the molecule is COCC(O)(C(C)C)[C@@H]1Cc2ccccc2N1. The van der Waals surface area contributed by atoms with Crippen molar-refractivity contribution < 1.29 is 9.84 Å². The number of benzene rings is 1. The van der Waals surface area contributed by atoms with Crippen LogP contribution in [0.5, 0.6) is 0 Å². The van der Waals surface area contributed by atoms with Gasteiger partial charge >= 0.3 is 0 Å². The van der Waals surface area contributed by atoms with Gasteiger partial charge in [-0.15, -0.1) is 0 Å². The van der Waals surface area contributed by atoms with Crippen LogP contribution >= 0.6 is 0 Å². The monoisotopic (exact) mass is 235 g/mol. The van der Waals surface area contributed by atoms with Crippen LogP contribution in [-0.4, -0.2) is 30.5 Å². The summed E-state index contributed by atoms with van der Waals surface area (Å²) in [5.74, 6) is 0.147. The molecule has 1 aliphatic rings. The van der Waals surface area contributed by atoms with Gasteiger partial charge in [-0.25, -0.2) is 0 Å². The summed E-state index contributed by atoms with van der Waals surface area (Å²) in [7, 11) is 1.63. The Morgan fingerprint density at radius 3 is 2.76 bits per heavy atom. The summed E-state index contributed by atoms with van der Waals surface area (Å²) in [6, 6.07) is 8.24. The molecule has 0 spiro atoms. The molecule has 17 heavy (non-hydrogen) atoms. The molecule has 0 amide bonds. The molecule has 1 aromatic rings. The number of fused-ring (bicyclic) bond motifs is 1. The van der Waals surface area contributed by atoms with Crippen LogP contribution in [0.4, 0.5) is 5.69 Å². The van der Waals surface area contributed by atoms with Gasteiger partial charge in [-0.1, -0.05) is 32.0 Å². The molecule has 2 atom stereocenters. The highest BCUT2D eigenvalue weighted by atomic mass is 16.5.